The van der Waals surface area contributed by atoms with E-state index in [1.54, 1.807) is 0 Å². The summed E-state index contributed by atoms with van der Waals surface area (Å²) in [4.78, 5) is 10.4. The number of nitrogens with zero attached hydrogens (tertiary/aromatic N) is 1. The van der Waals surface area contributed by atoms with Gasteiger partial charge in [0.25, 0.3) is 0 Å². The van der Waals surface area contributed by atoms with E-state index in [0.29, 0.717) is 4.31 Å². The quantitative estimate of drug-likeness (QED) is 0.922. The zero-order chi connectivity index (χ0) is 15.0. The second-order valence-corrected chi connectivity index (χ2v) is 6.79. The highest BCUT2D eigenvalue weighted by Gasteiger charge is 2.41. The van der Waals surface area contributed by atoms with Crippen LogP contribution in [-0.4, -0.2) is 36.4 Å². The molecule has 8 heteroatoms. The van der Waals surface area contributed by atoms with E-state index >= 15 is 0 Å². The van der Waals surface area contributed by atoms with Crippen LogP contribution in [0.5, 0.6) is 0 Å². The summed E-state index contributed by atoms with van der Waals surface area (Å²) in [7, 11) is -3.19. The summed E-state index contributed by atoms with van der Waals surface area (Å²) in [6.45, 7) is 2.42. The molecule has 0 unspecified atom stereocenters. The maximum absolute atomic E-state index is 13.7. The Morgan fingerprint density at radius 3 is 2.37 bits per heavy atom. The first-order valence-corrected chi connectivity index (χ1v) is 7.00. The lowest BCUT2D eigenvalue weighted by atomic mass is 10.1. The fourth-order valence-electron chi connectivity index (χ4n) is 1.27. The van der Waals surface area contributed by atoms with Crippen LogP contribution in [0.4, 0.5) is 4.39 Å². The van der Waals surface area contributed by atoms with Crippen LogP contribution in [0.3, 0.4) is 0 Å². The predicted molar refractivity (Wildman–Crippen MR) is 68.1 cm³/mol. The van der Waals surface area contributed by atoms with Gasteiger partial charge in [-0.2, -0.15) is 4.31 Å². The van der Waals surface area contributed by atoms with E-state index in [0.717, 1.165) is 19.2 Å². The number of hydrogen-bond acceptors (Lipinski definition) is 3. The SMILES string of the molecule is CN(C(C)(C)C(=O)O)S(=O)(=O)c1ccc(Cl)cc1F. The van der Waals surface area contributed by atoms with Gasteiger partial charge in [0.15, 0.2) is 0 Å². The smallest absolute Gasteiger partial charge is 0.324 e. The van der Waals surface area contributed by atoms with Gasteiger partial charge in [0.1, 0.15) is 16.3 Å². The topological polar surface area (TPSA) is 74.7 Å². The Hall–Kier alpha value is -1.18. The molecule has 1 rings (SSSR count). The summed E-state index contributed by atoms with van der Waals surface area (Å²) in [6, 6.07) is 3.08. The fourth-order valence-corrected chi connectivity index (χ4v) is 2.95. The van der Waals surface area contributed by atoms with Crippen LogP contribution < -0.4 is 0 Å². The zero-order valence-corrected chi connectivity index (χ0v) is 12.1. The number of rotatable bonds is 4. The molecule has 0 heterocycles. The molecule has 0 bridgehead atoms. The van der Waals surface area contributed by atoms with E-state index in [1.165, 1.54) is 19.9 Å². The van der Waals surface area contributed by atoms with Crippen molar-refractivity contribution in [1.82, 2.24) is 4.31 Å². The third-order valence-electron chi connectivity index (χ3n) is 2.84. The lowest BCUT2D eigenvalue weighted by molar-refractivity contribution is -0.145. The van der Waals surface area contributed by atoms with Gasteiger partial charge in [0.2, 0.25) is 10.0 Å². The lowest BCUT2D eigenvalue weighted by Crippen LogP contribution is -2.50. The maximum atomic E-state index is 13.7. The molecule has 0 aromatic heterocycles. The van der Waals surface area contributed by atoms with Gasteiger partial charge in [-0.1, -0.05) is 11.6 Å². The van der Waals surface area contributed by atoms with Crippen molar-refractivity contribution >= 4 is 27.6 Å². The number of carboxylic acid groups (broad SMARTS) is 1. The van der Waals surface area contributed by atoms with Crippen LogP contribution in [0, 0.1) is 5.82 Å². The number of carbonyl (C=O) groups is 1. The predicted octanol–water partition coefficient (Wildman–Crippen LogP) is 1.96. The minimum absolute atomic E-state index is 0.0524. The zero-order valence-electron chi connectivity index (χ0n) is 10.5. The van der Waals surface area contributed by atoms with Crippen molar-refractivity contribution in [3.8, 4) is 0 Å². The molecule has 0 saturated carbocycles. The first-order chi connectivity index (χ1) is 8.51. The Morgan fingerprint density at radius 1 is 1.42 bits per heavy atom. The van der Waals surface area contributed by atoms with Gasteiger partial charge in [0.05, 0.1) is 0 Å². The fraction of sp³-hybridized carbons (Fsp3) is 0.364. The van der Waals surface area contributed by atoms with Crippen LogP contribution >= 0.6 is 11.6 Å². The molecule has 0 atom stereocenters. The van der Waals surface area contributed by atoms with E-state index < -0.39 is 32.2 Å². The summed E-state index contributed by atoms with van der Waals surface area (Å²) in [5.74, 6) is -2.37. The summed E-state index contributed by atoms with van der Waals surface area (Å²) < 4.78 is 38.7. The normalized spacial score (nSPS) is 12.7. The molecule has 19 heavy (non-hydrogen) atoms. The van der Waals surface area contributed by atoms with Gasteiger partial charge in [-0.25, -0.2) is 12.8 Å². The molecule has 1 aromatic rings. The molecule has 0 aliphatic rings. The summed E-state index contributed by atoms with van der Waals surface area (Å²) in [6.07, 6.45) is 0. The number of hydrogen-bond donors (Lipinski definition) is 1. The molecule has 0 aliphatic carbocycles. The van der Waals surface area contributed by atoms with E-state index in [1.807, 2.05) is 0 Å². The average molecular weight is 310 g/mol. The monoisotopic (exact) mass is 309 g/mol. The summed E-state index contributed by atoms with van der Waals surface area (Å²) in [5, 5.41) is 9.07. The third-order valence-corrected chi connectivity index (χ3v) is 5.14. The number of aliphatic carboxylic acids is 1. The van der Waals surface area contributed by atoms with E-state index in [2.05, 4.69) is 0 Å². The highest BCUT2D eigenvalue weighted by Crippen LogP contribution is 2.26. The van der Waals surface area contributed by atoms with E-state index in [4.69, 9.17) is 16.7 Å². The van der Waals surface area contributed by atoms with Crippen LogP contribution in [-0.2, 0) is 14.8 Å². The van der Waals surface area contributed by atoms with Gasteiger partial charge >= 0.3 is 5.97 Å². The van der Waals surface area contributed by atoms with Crippen molar-refractivity contribution in [2.24, 2.45) is 0 Å². The average Bonchev–Trinajstić information content (AvgIpc) is 2.27. The van der Waals surface area contributed by atoms with Gasteiger partial charge in [-0.3, -0.25) is 4.79 Å². The second-order valence-electron chi connectivity index (χ2n) is 4.41. The molecule has 5 nitrogen and oxygen atoms in total. The van der Waals surface area contributed by atoms with Gasteiger partial charge < -0.3 is 5.11 Å². The number of halogens is 2. The van der Waals surface area contributed by atoms with Gasteiger partial charge in [-0.05, 0) is 32.0 Å². The lowest BCUT2D eigenvalue weighted by Gasteiger charge is -2.30. The van der Waals surface area contributed by atoms with Crippen molar-refractivity contribution in [3.05, 3.63) is 29.0 Å². The molecule has 106 valence electrons. The second kappa shape index (κ2) is 5.07. The van der Waals surface area contributed by atoms with Crippen LogP contribution in [0.15, 0.2) is 23.1 Å². The highest BCUT2D eigenvalue weighted by molar-refractivity contribution is 7.89. The number of likely N-dealkylation sites (N-methyl/N-ethyl adjacent to an activating group) is 1. The maximum Gasteiger partial charge on any atom is 0.324 e. The molecule has 0 spiro atoms. The highest BCUT2D eigenvalue weighted by atomic mass is 35.5. The number of carboxylic acids is 1. The molecular weight excluding hydrogens is 297 g/mol. The van der Waals surface area contributed by atoms with Gasteiger partial charge in [-0.15, -0.1) is 0 Å². The molecule has 1 aromatic carbocycles. The molecule has 0 fully saturated rings. The Morgan fingerprint density at radius 2 is 1.95 bits per heavy atom. The first kappa shape index (κ1) is 15.9. The number of benzene rings is 1. The largest absolute Gasteiger partial charge is 0.480 e. The van der Waals surface area contributed by atoms with Crippen molar-refractivity contribution < 1.29 is 22.7 Å². The summed E-state index contributed by atoms with van der Waals surface area (Å²) >= 11 is 5.54. The van der Waals surface area contributed by atoms with E-state index in [9.17, 15) is 17.6 Å². The van der Waals surface area contributed by atoms with Gasteiger partial charge in [0, 0.05) is 12.1 Å². The van der Waals surface area contributed by atoms with Crippen molar-refractivity contribution in [2.75, 3.05) is 7.05 Å². The molecule has 0 saturated heterocycles. The number of sulfonamides is 1. The Bertz CT molecular complexity index is 615. The molecule has 0 aliphatic heterocycles. The van der Waals surface area contributed by atoms with E-state index in [-0.39, 0.29) is 5.02 Å². The van der Waals surface area contributed by atoms with Crippen LogP contribution in [0.1, 0.15) is 13.8 Å². The van der Waals surface area contributed by atoms with Crippen molar-refractivity contribution in [1.29, 1.82) is 0 Å². The molecule has 0 amide bonds. The molecular formula is C11H13ClFNO4S. The first-order valence-electron chi connectivity index (χ1n) is 5.18. The minimum Gasteiger partial charge on any atom is -0.480 e. The Balaban J connectivity index is 3.36. The van der Waals surface area contributed by atoms with Crippen LogP contribution in [0.25, 0.3) is 0 Å². The molecule has 1 N–H and O–H groups in total. The Labute approximate surface area is 115 Å². The standard InChI is InChI=1S/C11H13ClFNO4S/c1-11(2,10(15)16)14(3)19(17,18)9-5-4-7(12)6-8(9)13/h4-6H,1-3H3,(H,15,16). The minimum atomic E-state index is -4.27. The third kappa shape index (κ3) is 2.88. The Kier molecular flexibility index (Phi) is 4.23. The van der Waals surface area contributed by atoms with Crippen molar-refractivity contribution in [3.63, 3.8) is 0 Å². The van der Waals surface area contributed by atoms with Crippen molar-refractivity contribution in [2.45, 2.75) is 24.3 Å². The molecule has 0 radical (unpaired) electrons. The summed E-state index contributed by atoms with van der Waals surface area (Å²) in [5.41, 5.74) is -1.70. The van der Waals surface area contributed by atoms with Crippen LogP contribution in [0.2, 0.25) is 5.02 Å².